The lowest BCUT2D eigenvalue weighted by molar-refractivity contribution is -0.119. The number of hydrogen-bond acceptors (Lipinski definition) is 3. The number of nitrogens with zero attached hydrogens (tertiary/aromatic N) is 1. The van der Waals surface area contributed by atoms with Crippen molar-refractivity contribution in [1.29, 1.82) is 0 Å². The summed E-state index contributed by atoms with van der Waals surface area (Å²) in [6.07, 6.45) is 3.50. The zero-order valence-electron chi connectivity index (χ0n) is 7.58. The molecule has 0 spiro atoms. The smallest absolute Gasteiger partial charge is 0.234 e. The summed E-state index contributed by atoms with van der Waals surface area (Å²) >= 11 is 0. The van der Waals surface area contributed by atoms with Crippen LogP contribution in [0.25, 0.3) is 0 Å². The summed E-state index contributed by atoms with van der Waals surface area (Å²) in [4.78, 5) is 14.8. The largest absolute Gasteiger partial charge is 0.351 e. The third-order valence-corrected chi connectivity index (χ3v) is 1.61. The first kappa shape index (κ1) is 9.67. The van der Waals surface area contributed by atoms with Gasteiger partial charge in [-0.05, 0) is 18.1 Å². The van der Waals surface area contributed by atoms with Crippen LogP contribution in [0.15, 0.2) is 18.5 Å². The van der Waals surface area contributed by atoms with E-state index in [0.29, 0.717) is 6.54 Å². The topological polar surface area (TPSA) is 68.0 Å². The Morgan fingerprint density at radius 1 is 1.62 bits per heavy atom. The van der Waals surface area contributed by atoms with E-state index in [1.54, 1.807) is 12.4 Å². The zero-order chi connectivity index (χ0) is 9.68. The molecule has 0 radical (unpaired) electrons. The predicted octanol–water partition coefficient (Wildman–Crippen LogP) is -0.0351. The summed E-state index contributed by atoms with van der Waals surface area (Å²) in [5.74, 6) is -0.151. The second kappa shape index (κ2) is 4.57. The molecule has 0 atom stereocenters. The number of carbonyl (C=O) groups is 1. The summed E-state index contributed by atoms with van der Waals surface area (Å²) in [6, 6.07) is 1.98. The van der Waals surface area contributed by atoms with Gasteiger partial charge in [-0.1, -0.05) is 6.07 Å². The molecule has 1 rings (SSSR count). The molecule has 3 N–H and O–H groups in total. The number of nitrogens with one attached hydrogen (secondary N) is 1. The van der Waals surface area contributed by atoms with E-state index in [1.807, 2.05) is 13.0 Å². The van der Waals surface area contributed by atoms with Gasteiger partial charge in [0, 0.05) is 18.9 Å². The van der Waals surface area contributed by atoms with E-state index < -0.39 is 0 Å². The molecule has 1 aromatic rings. The van der Waals surface area contributed by atoms with Gasteiger partial charge in [0.2, 0.25) is 5.91 Å². The lowest BCUT2D eigenvalue weighted by atomic mass is 10.2. The summed E-state index contributed by atoms with van der Waals surface area (Å²) < 4.78 is 0. The first-order valence-electron chi connectivity index (χ1n) is 4.09. The van der Waals surface area contributed by atoms with Crippen LogP contribution < -0.4 is 11.1 Å². The van der Waals surface area contributed by atoms with Crippen molar-refractivity contribution in [2.24, 2.45) is 5.73 Å². The van der Waals surface area contributed by atoms with Gasteiger partial charge in [0.25, 0.3) is 0 Å². The Morgan fingerprint density at radius 2 is 2.38 bits per heavy atom. The Labute approximate surface area is 77.2 Å². The third kappa shape index (κ3) is 3.21. The molecule has 1 heterocycles. The fourth-order valence-electron chi connectivity index (χ4n) is 0.987. The monoisotopic (exact) mass is 179 g/mol. The van der Waals surface area contributed by atoms with E-state index in [9.17, 15) is 4.79 Å². The Balaban J connectivity index is 2.50. The summed E-state index contributed by atoms with van der Waals surface area (Å²) in [5.41, 5.74) is 7.21. The highest BCUT2D eigenvalue weighted by atomic mass is 16.1. The van der Waals surface area contributed by atoms with E-state index in [0.717, 1.165) is 11.1 Å². The van der Waals surface area contributed by atoms with Crippen LogP contribution in [0.4, 0.5) is 0 Å². The van der Waals surface area contributed by atoms with E-state index in [4.69, 9.17) is 5.73 Å². The van der Waals surface area contributed by atoms with Gasteiger partial charge in [-0.2, -0.15) is 0 Å². The normalized spacial score (nSPS) is 9.69. The van der Waals surface area contributed by atoms with Gasteiger partial charge in [-0.3, -0.25) is 9.78 Å². The van der Waals surface area contributed by atoms with Gasteiger partial charge >= 0.3 is 0 Å². The van der Waals surface area contributed by atoms with Crippen LogP contribution in [0, 0.1) is 6.92 Å². The Morgan fingerprint density at radius 3 is 3.00 bits per heavy atom. The van der Waals surface area contributed by atoms with Crippen LogP contribution in [0.1, 0.15) is 11.1 Å². The lowest BCUT2D eigenvalue weighted by Crippen LogP contribution is -2.29. The summed E-state index contributed by atoms with van der Waals surface area (Å²) in [6.45, 7) is 2.48. The molecule has 0 aliphatic heterocycles. The van der Waals surface area contributed by atoms with Gasteiger partial charge < -0.3 is 11.1 Å². The highest BCUT2D eigenvalue weighted by Crippen LogP contribution is 1.99. The maximum atomic E-state index is 10.8. The number of nitrogens with two attached hydrogens (primary N) is 1. The maximum Gasteiger partial charge on any atom is 0.234 e. The van der Waals surface area contributed by atoms with Crippen LogP contribution in [0.5, 0.6) is 0 Å². The molecule has 0 bridgehead atoms. The molecule has 13 heavy (non-hydrogen) atoms. The van der Waals surface area contributed by atoms with Gasteiger partial charge in [-0.15, -0.1) is 0 Å². The van der Waals surface area contributed by atoms with Crippen molar-refractivity contribution in [2.45, 2.75) is 13.5 Å². The Bertz CT molecular complexity index is 299. The highest BCUT2D eigenvalue weighted by molar-refractivity contribution is 5.77. The van der Waals surface area contributed by atoms with Gasteiger partial charge in [0.1, 0.15) is 0 Å². The van der Waals surface area contributed by atoms with Crippen LogP contribution in [0.2, 0.25) is 0 Å². The van der Waals surface area contributed by atoms with Crippen molar-refractivity contribution < 1.29 is 4.79 Å². The molecule has 0 aliphatic rings. The van der Waals surface area contributed by atoms with E-state index >= 15 is 0 Å². The Kier molecular flexibility index (Phi) is 3.40. The van der Waals surface area contributed by atoms with Crippen molar-refractivity contribution in [3.05, 3.63) is 29.6 Å². The second-order valence-corrected chi connectivity index (χ2v) is 2.85. The first-order chi connectivity index (χ1) is 6.22. The molecular weight excluding hydrogens is 166 g/mol. The molecule has 0 aliphatic carbocycles. The average Bonchev–Trinajstić information content (AvgIpc) is 2.14. The minimum atomic E-state index is -0.151. The van der Waals surface area contributed by atoms with E-state index in [2.05, 4.69) is 10.3 Å². The SMILES string of the molecule is Cc1cncc(CNC(=O)CN)c1. The molecule has 1 amide bonds. The van der Waals surface area contributed by atoms with Crippen LogP contribution >= 0.6 is 0 Å². The minimum absolute atomic E-state index is 0.0270. The van der Waals surface area contributed by atoms with Gasteiger partial charge in [0.05, 0.1) is 6.54 Å². The molecule has 1 aromatic heterocycles. The highest BCUT2D eigenvalue weighted by Gasteiger charge is 1.97. The van der Waals surface area contributed by atoms with E-state index in [-0.39, 0.29) is 12.5 Å². The molecule has 0 saturated heterocycles. The van der Waals surface area contributed by atoms with Crippen molar-refractivity contribution in [3.63, 3.8) is 0 Å². The number of amides is 1. The molecule has 4 nitrogen and oxygen atoms in total. The standard InChI is InChI=1S/C9H13N3O/c1-7-2-8(5-11-4-7)6-12-9(13)3-10/h2,4-5H,3,6,10H2,1H3,(H,12,13). The van der Waals surface area contributed by atoms with Crippen LogP contribution in [-0.4, -0.2) is 17.4 Å². The third-order valence-electron chi connectivity index (χ3n) is 1.61. The minimum Gasteiger partial charge on any atom is -0.351 e. The quantitative estimate of drug-likeness (QED) is 0.684. The molecule has 70 valence electrons. The lowest BCUT2D eigenvalue weighted by Gasteiger charge is -2.03. The maximum absolute atomic E-state index is 10.8. The van der Waals surface area contributed by atoms with Crippen molar-refractivity contribution in [2.75, 3.05) is 6.54 Å². The Hall–Kier alpha value is -1.42. The van der Waals surface area contributed by atoms with E-state index in [1.165, 1.54) is 0 Å². The number of pyridine rings is 1. The number of hydrogen-bond donors (Lipinski definition) is 2. The molecule has 0 aromatic carbocycles. The average molecular weight is 179 g/mol. The number of rotatable bonds is 3. The number of aromatic nitrogens is 1. The zero-order valence-corrected chi connectivity index (χ0v) is 7.58. The number of carbonyl (C=O) groups excluding carboxylic acids is 1. The van der Waals surface area contributed by atoms with Crippen LogP contribution in [-0.2, 0) is 11.3 Å². The molecule has 4 heteroatoms. The summed E-state index contributed by atoms with van der Waals surface area (Å²) in [7, 11) is 0. The molecule has 0 fully saturated rings. The summed E-state index contributed by atoms with van der Waals surface area (Å²) in [5, 5.41) is 2.67. The van der Waals surface area contributed by atoms with Crippen molar-refractivity contribution in [1.82, 2.24) is 10.3 Å². The predicted molar refractivity (Wildman–Crippen MR) is 49.9 cm³/mol. The first-order valence-corrected chi connectivity index (χ1v) is 4.09. The van der Waals surface area contributed by atoms with Crippen LogP contribution in [0.3, 0.4) is 0 Å². The molecular formula is C9H13N3O. The second-order valence-electron chi connectivity index (χ2n) is 2.85. The van der Waals surface area contributed by atoms with Gasteiger partial charge in [0.15, 0.2) is 0 Å². The number of aryl methyl sites for hydroxylation is 1. The van der Waals surface area contributed by atoms with Gasteiger partial charge in [-0.25, -0.2) is 0 Å². The molecule has 0 unspecified atom stereocenters. The fourth-order valence-corrected chi connectivity index (χ4v) is 0.987. The molecule has 0 saturated carbocycles. The van der Waals surface area contributed by atoms with Crippen molar-refractivity contribution in [3.8, 4) is 0 Å². The van der Waals surface area contributed by atoms with Crippen molar-refractivity contribution >= 4 is 5.91 Å². The fraction of sp³-hybridized carbons (Fsp3) is 0.333.